The third-order valence-electron chi connectivity index (χ3n) is 6.34. The summed E-state index contributed by atoms with van der Waals surface area (Å²) in [5, 5.41) is 9.96. The third kappa shape index (κ3) is 5.89. The molecule has 6 nitrogen and oxygen atoms in total. The summed E-state index contributed by atoms with van der Waals surface area (Å²) < 4.78 is 18.6. The van der Waals surface area contributed by atoms with Crippen LogP contribution in [0.15, 0.2) is 0 Å². The number of hydrogen-bond acceptors (Lipinski definition) is 5. The van der Waals surface area contributed by atoms with Crippen LogP contribution in [-0.4, -0.2) is 60.9 Å². The van der Waals surface area contributed by atoms with Crippen molar-refractivity contribution in [3.63, 3.8) is 0 Å². The molecule has 2 heterocycles. The predicted molar refractivity (Wildman–Crippen MR) is 104 cm³/mol. The number of ether oxygens (including phenoxy) is 3. The minimum atomic E-state index is -0.319. The lowest BCUT2D eigenvalue weighted by Crippen LogP contribution is -2.48. The molecule has 0 aromatic carbocycles. The van der Waals surface area contributed by atoms with Gasteiger partial charge in [0.1, 0.15) is 0 Å². The van der Waals surface area contributed by atoms with Crippen LogP contribution in [-0.2, 0) is 19.0 Å². The average molecular weight is 386 g/mol. The molecular formula is C21H39NO5. The maximum Gasteiger partial charge on any atom is 0.248 e. The van der Waals surface area contributed by atoms with E-state index in [1.54, 1.807) is 0 Å². The van der Waals surface area contributed by atoms with Crippen molar-refractivity contribution in [1.29, 1.82) is 0 Å². The largest absolute Gasteiger partial charge is 0.378 e. The second-order valence-corrected chi connectivity index (χ2v) is 8.30. The maximum absolute atomic E-state index is 11.8. The summed E-state index contributed by atoms with van der Waals surface area (Å²) >= 11 is 0. The van der Waals surface area contributed by atoms with Crippen molar-refractivity contribution >= 4 is 5.91 Å². The first kappa shape index (κ1) is 22.6. The minimum Gasteiger partial charge on any atom is -0.378 e. The zero-order valence-corrected chi connectivity index (χ0v) is 17.6. The van der Waals surface area contributed by atoms with E-state index < -0.39 is 0 Å². The Kier molecular flexibility index (Phi) is 8.99. The van der Waals surface area contributed by atoms with Gasteiger partial charge in [-0.3, -0.25) is 10.0 Å². The highest BCUT2D eigenvalue weighted by molar-refractivity contribution is 5.75. The average Bonchev–Trinajstić information content (AvgIpc) is 3.26. The van der Waals surface area contributed by atoms with Crippen molar-refractivity contribution in [1.82, 2.24) is 5.06 Å². The summed E-state index contributed by atoms with van der Waals surface area (Å²) in [6, 6.07) is 0. The molecule has 2 rings (SSSR count). The van der Waals surface area contributed by atoms with Gasteiger partial charge in [-0.1, -0.05) is 33.1 Å². The van der Waals surface area contributed by atoms with Gasteiger partial charge in [-0.25, -0.2) is 5.06 Å². The Morgan fingerprint density at radius 1 is 1.26 bits per heavy atom. The van der Waals surface area contributed by atoms with Gasteiger partial charge in [0.15, 0.2) is 0 Å². The molecule has 5 unspecified atom stereocenters. The van der Waals surface area contributed by atoms with E-state index in [2.05, 4.69) is 13.8 Å². The smallest absolute Gasteiger partial charge is 0.248 e. The quantitative estimate of drug-likeness (QED) is 0.295. The molecule has 0 spiro atoms. The predicted octanol–water partition coefficient (Wildman–Crippen LogP) is 3.94. The monoisotopic (exact) mass is 385 g/mol. The summed E-state index contributed by atoms with van der Waals surface area (Å²) in [5.41, 5.74) is -0.130. The van der Waals surface area contributed by atoms with Crippen LogP contribution in [0.4, 0.5) is 0 Å². The van der Waals surface area contributed by atoms with Gasteiger partial charge in [-0.15, -0.1) is 0 Å². The number of nitrogens with zero attached hydrogens (tertiary/aromatic N) is 1. The van der Waals surface area contributed by atoms with Gasteiger partial charge in [0, 0.05) is 19.1 Å². The van der Waals surface area contributed by atoms with Gasteiger partial charge in [0.25, 0.3) is 0 Å². The van der Waals surface area contributed by atoms with Crippen LogP contribution in [0, 0.1) is 5.41 Å². The first-order valence-electron chi connectivity index (χ1n) is 10.8. The lowest BCUT2D eigenvalue weighted by Gasteiger charge is -2.41. The van der Waals surface area contributed by atoms with Crippen molar-refractivity contribution in [2.24, 2.45) is 5.41 Å². The molecule has 158 valence electrons. The fraction of sp³-hybridized carbons (Fsp3) is 0.952. The molecule has 0 aromatic rings. The topological polar surface area (TPSA) is 68.2 Å². The van der Waals surface area contributed by atoms with Gasteiger partial charge in [0.2, 0.25) is 5.91 Å². The number of amides is 1. The summed E-state index contributed by atoms with van der Waals surface area (Å²) in [6.07, 6.45) is 9.25. The van der Waals surface area contributed by atoms with Gasteiger partial charge < -0.3 is 14.2 Å². The molecule has 5 atom stereocenters. The van der Waals surface area contributed by atoms with E-state index in [4.69, 9.17) is 14.2 Å². The molecule has 2 aliphatic heterocycles. The van der Waals surface area contributed by atoms with E-state index >= 15 is 0 Å². The summed E-state index contributed by atoms with van der Waals surface area (Å²) in [6.45, 7) is 7.70. The van der Waals surface area contributed by atoms with E-state index in [9.17, 15) is 10.0 Å². The summed E-state index contributed by atoms with van der Waals surface area (Å²) in [7, 11) is 1.36. The molecule has 27 heavy (non-hydrogen) atoms. The second-order valence-electron chi connectivity index (χ2n) is 8.30. The molecule has 2 saturated heterocycles. The zero-order chi connectivity index (χ0) is 19.9. The normalized spacial score (nSPS) is 29.1. The van der Waals surface area contributed by atoms with Crippen LogP contribution in [0.1, 0.15) is 78.6 Å². The van der Waals surface area contributed by atoms with Crippen LogP contribution in [0.2, 0.25) is 0 Å². The lowest BCUT2D eigenvalue weighted by atomic mass is 9.71. The molecule has 1 amide bonds. The maximum atomic E-state index is 11.8. The van der Waals surface area contributed by atoms with Crippen LogP contribution in [0.3, 0.4) is 0 Å². The molecule has 1 N–H and O–H groups in total. The number of carbonyl (C=O) groups is 1. The Hall–Kier alpha value is -0.690. The van der Waals surface area contributed by atoms with Gasteiger partial charge in [0.05, 0.1) is 37.4 Å². The molecule has 0 radical (unpaired) electrons. The van der Waals surface area contributed by atoms with Gasteiger partial charge in [-0.05, 0) is 39.0 Å². The lowest BCUT2D eigenvalue weighted by molar-refractivity contribution is -0.164. The SMILES string of the molecule is CCCCCCOC(C)C1(COC(CC)CC(=O)N(C)O)CC2CCC1O2. The molecule has 0 aliphatic carbocycles. The number of fused-ring (bicyclic) bond motifs is 2. The first-order valence-corrected chi connectivity index (χ1v) is 10.8. The van der Waals surface area contributed by atoms with Gasteiger partial charge >= 0.3 is 0 Å². The van der Waals surface area contributed by atoms with E-state index in [0.29, 0.717) is 17.8 Å². The highest BCUT2D eigenvalue weighted by Gasteiger charge is 2.56. The molecule has 0 aromatic heterocycles. The first-order chi connectivity index (χ1) is 12.9. The minimum absolute atomic E-state index is 0.0724. The molecule has 2 aliphatic rings. The van der Waals surface area contributed by atoms with Crippen LogP contribution < -0.4 is 0 Å². The van der Waals surface area contributed by atoms with E-state index in [1.807, 2.05) is 6.92 Å². The van der Waals surface area contributed by atoms with Crippen molar-refractivity contribution in [3.05, 3.63) is 0 Å². The molecular weight excluding hydrogens is 346 g/mol. The van der Waals surface area contributed by atoms with Crippen molar-refractivity contribution in [3.8, 4) is 0 Å². The Balaban J connectivity index is 1.92. The molecule has 2 fully saturated rings. The van der Waals surface area contributed by atoms with Crippen molar-refractivity contribution < 1.29 is 24.2 Å². The summed E-state index contributed by atoms with van der Waals surface area (Å²) in [4.78, 5) is 11.8. The van der Waals surface area contributed by atoms with Crippen LogP contribution >= 0.6 is 0 Å². The number of rotatable bonds is 13. The number of hydroxylamine groups is 2. The Bertz CT molecular complexity index is 458. The highest BCUT2D eigenvalue weighted by atomic mass is 16.5. The Labute approximate surface area is 164 Å². The van der Waals surface area contributed by atoms with Crippen molar-refractivity contribution in [2.75, 3.05) is 20.3 Å². The van der Waals surface area contributed by atoms with Crippen LogP contribution in [0.5, 0.6) is 0 Å². The molecule has 6 heteroatoms. The number of unbranched alkanes of at least 4 members (excludes halogenated alkanes) is 3. The van der Waals surface area contributed by atoms with Crippen molar-refractivity contribution in [2.45, 2.75) is 103 Å². The van der Waals surface area contributed by atoms with E-state index in [0.717, 1.165) is 38.7 Å². The summed E-state index contributed by atoms with van der Waals surface area (Å²) in [5.74, 6) is -0.319. The van der Waals surface area contributed by atoms with E-state index in [-0.39, 0.29) is 36.1 Å². The number of carbonyl (C=O) groups excluding carboxylic acids is 1. The van der Waals surface area contributed by atoms with Gasteiger partial charge in [-0.2, -0.15) is 0 Å². The fourth-order valence-corrected chi connectivity index (χ4v) is 4.41. The molecule has 2 bridgehead atoms. The standard InChI is InChI=1S/C21H39NO5/c1-5-7-8-9-12-25-16(3)21(14-18-10-11-19(21)27-18)15-26-17(6-2)13-20(23)22(4)24/h16-19,24H,5-15H2,1-4H3. The Morgan fingerprint density at radius 2 is 2.04 bits per heavy atom. The number of hydrogen-bond donors (Lipinski definition) is 1. The second kappa shape index (κ2) is 10.7. The Morgan fingerprint density at radius 3 is 2.59 bits per heavy atom. The fourth-order valence-electron chi connectivity index (χ4n) is 4.41. The third-order valence-corrected chi connectivity index (χ3v) is 6.34. The zero-order valence-electron chi connectivity index (χ0n) is 17.6. The highest BCUT2D eigenvalue weighted by Crippen LogP contribution is 2.51. The van der Waals surface area contributed by atoms with Crippen LogP contribution in [0.25, 0.3) is 0 Å². The molecule has 0 saturated carbocycles. The van der Waals surface area contributed by atoms with E-state index in [1.165, 1.54) is 26.3 Å².